The van der Waals surface area contributed by atoms with E-state index in [-0.39, 0.29) is 0 Å². The van der Waals surface area contributed by atoms with E-state index < -0.39 is 0 Å². The molecule has 0 amide bonds. The number of hydrogen-bond acceptors (Lipinski definition) is 3. The molecule has 0 atom stereocenters. The van der Waals surface area contributed by atoms with E-state index in [1.807, 2.05) is 22.7 Å². The van der Waals surface area contributed by atoms with Gasteiger partial charge in [0, 0.05) is 46.7 Å². The van der Waals surface area contributed by atoms with E-state index in [0.29, 0.717) is 0 Å². The summed E-state index contributed by atoms with van der Waals surface area (Å²) in [7, 11) is 0. The van der Waals surface area contributed by atoms with Crippen LogP contribution < -0.4 is 4.90 Å². The van der Waals surface area contributed by atoms with Gasteiger partial charge in [0.05, 0.1) is 16.1 Å². The molecule has 0 saturated heterocycles. The van der Waals surface area contributed by atoms with E-state index in [0.717, 1.165) is 5.69 Å². The highest BCUT2D eigenvalue weighted by molar-refractivity contribution is 7.26. The number of fused-ring (bicyclic) bond motifs is 9. The van der Waals surface area contributed by atoms with E-state index in [1.165, 1.54) is 95.5 Å². The lowest BCUT2D eigenvalue weighted by molar-refractivity contribution is 1.32. The number of anilines is 3. The molecule has 1 nitrogen and oxygen atoms in total. The van der Waals surface area contributed by atoms with Gasteiger partial charge < -0.3 is 4.90 Å². The Morgan fingerprint density at radius 3 is 1.72 bits per heavy atom. The minimum absolute atomic E-state index is 1.13. The normalized spacial score (nSPS) is 11.8. The average molecular weight is 710 g/mol. The highest BCUT2D eigenvalue weighted by Gasteiger charge is 2.23. The van der Waals surface area contributed by atoms with Gasteiger partial charge in [-0.05, 0) is 80.9 Å². The fourth-order valence-electron chi connectivity index (χ4n) is 8.28. The molecule has 9 aromatic carbocycles. The van der Waals surface area contributed by atoms with Crippen LogP contribution >= 0.6 is 22.7 Å². The number of nitrogens with zero attached hydrogens (tertiary/aromatic N) is 1. The predicted molar refractivity (Wildman–Crippen MR) is 233 cm³/mol. The molecule has 248 valence electrons. The molecular weight excluding hydrogens is 679 g/mol. The maximum absolute atomic E-state index is 2.51. The Morgan fingerprint density at radius 2 is 0.925 bits per heavy atom. The van der Waals surface area contributed by atoms with Crippen LogP contribution in [0.5, 0.6) is 0 Å². The smallest absolute Gasteiger partial charge is 0.0641 e. The summed E-state index contributed by atoms with van der Waals surface area (Å²) in [5.74, 6) is 0. The summed E-state index contributed by atoms with van der Waals surface area (Å²) >= 11 is 3.76. The van der Waals surface area contributed by atoms with Gasteiger partial charge in [0.15, 0.2) is 0 Å². The number of benzene rings is 9. The SMILES string of the molecule is c1ccc(-c2ccc(N(c3ccc(-c4cccc5sc6ccccc6c45)cc3)c3cc4ccccc4c4ccccc34)c3sc4ccccc4c23)cc1. The Kier molecular flexibility index (Phi) is 6.97. The lowest BCUT2D eigenvalue weighted by Gasteiger charge is -2.28. The van der Waals surface area contributed by atoms with Gasteiger partial charge >= 0.3 is 0 Å². The molecule has 0 unspecified atom stereocenters. The van der Waals surface area contributed by atoms with Crippen LogP contribution in [0, 0.1) is 0 Å². The Hall–Kier alpha value is -6.26. The van der Waals surface area contributed by atoms with Crippen molar-refractivity contribution in [3.05, 3.63) is 188 Å². The van der Waals surface area contributed by atoms with Crippen LogP contribution in [0.15, 0.2) is 188 Å². The summed E-state index contributed by atoms with van der Waals surface area (Å²) in [4.78, 5) is 2.51. The van der Waals surface area contributed by atoms with Crippen molar-refractivity contribution >= 4 is 102 Å². The largest absolute Gasteiger partial charge is 0.308 e. The van der Waals surface area contributed by atoms with Crippen molar-refractivity contribution in [2.45, 2.75) is 0 Å². The third-order valence-electron chi connectivity index (χ3n) is 10.7. The van der Waals surface area contributed by atoms with Gasteiger partial charge in [-0.3, -0.25) is 0 Å². The summed E-state index contributed by atoms with van der Waals surface area (Å²) in [5.41, 5.74) is 8.46. The molecule has 0 fully saturated rings. The van der Waals surface area contributed by atoms with Gasteiger partial charge in [-0.1, -0.05) is 146 Å². The first-order valence-corrected chi connectivity index (χ1v) is 19.6. The summed E-state index contributed by atoms with van der Waals surface area (Å²) in [6.07, 6.45) is 0. The van der Waals surface area contributed by atoms with Crippen molar-refractivity contribution in [1.29, 1.82) is 0 Å². The van der Waals surface area contributed by atoms with Crippen LogP contribution in [0.4, 0.5) is 17.1 Å². The maximum Gasteiger partial charge on any atom is 0.0641 e. The first kappa shape index (κ1) is 30.4. The van der Waals surface area contributed by atoms with Crippen molar-refractivity contribution in [2.75, 3.05) is 4.90 Å². The van der Waals surface area contributed by atoms with Crippen LogP contribution in [-0.4, -0.2) is 0 Å². The predicted octanol–water partition coefficient (Wildman–Crippen LogP) is 15.5. The highest BCUT2D eigenvalue weighted by Crippen LogP contribution is 2.50. The molecule has 53 heavy (non-hydrogen) atoms. The van der Waals surface area contributed by atoms with Crippen LogP contribution in [0.2, 0.25) is 0 Å². The van der Waals surface area contributed by atoms with Crippen LogP contribution in [0.1, 0.15) is 0 Å². The Balaban J connectivity index is 1.19. The quantitative estimate of drug-likeness (QED) is 0.161. The molecule has 3 heteroatoms. The van der Waals surface area contributed by atoms with E-state index in [2.05, 4.69) is 193 Å². The van der Waals surface area contributed by atoms with Gasteiger partial charge in [-0.15, -0.1) is 22.7 Å². The van der Waals surface area contributed by atoms with Gasteiger partial charge in [-0.2, -0.15) is 0 Å². The number of rotatable bonds is 5. The summed E-state index contributed by atoms with van der Waals surface area (Å²) in [6, 6.07) is 69.2. The lowest BCUT2D eigenvalue weighted by Crippen LogP contribution is -2.11. The third-order valence-corrected chi connectivity index (χ3v) is 13.0. The van der Waals surface area contributed by atoms with Crippen LogP contribution in [0.25, 0.3) is 84.1 Å². The van der Waals surface area contributed by atoms with Gasteiger partial charge in [0.2, 0.25) is 0 Å². The first-order valence-electron chi connectivity index (χ1n) is 18.0. The first-order chi connectivity index (χ1) is 26.3. The summed E-state index contributed by atoms with van der Waals surface area (Å²) in [5, 5.41) is 10.2. The second-order valence-electron chi connectivity index (χ2n) is 13.6. The molecule has 0 N–H and O–H groups in total. The van der Waals surface area contributed by atoms with Gasteiger partial charge in [0.25, 0.3) is 0 Å². The van der Waals surface area contributed by atoms with Crippen molar-refractivity contribution in [3.63, 3.8) is 0 Å². The van der Waals surface area contributed by atoms with Crippen molar-refractivity contribution < 1.29 is 0 Å². The summed E-state index contributed by atoms with van der Waals surface area (Å²) in [6.45, 7) is 0. The maximum atomic E-state index is 2.51. The Labute approximate surface area is 315 Å². The zero-order chi connectivity index (χ0) is 34.9. The number of hydrogen-bond donors (Lipinski definition) is 0. The van der Waals surface area contributed by atoms with Gasteiger partial charge in [-0.25, -0.2) is 0 Å². The molecule has 2 heterocycles. The molecule has 0 aliphatic heterocycles. The molecule has 0 radical (unpaired) electrons. The molecule has 0 saturated carbocycles. The number of thiophene rings is 2. The molecule has 0 spiro atoms. The fourth-order valence-corrected chi connectivity index (χ4v) is 10.6. The second-order valence-corrected chi connectivity index (χ2v) is 15.8. The monoisotopic (exact) mass is 709 g/mol. The molecule has 11 rings (SSSR count). The van der Waals surface area contributed by atoms with E-state index in [4.69, 9.17) is 0 Å². The van der Waals surface area contributed by atoms with Crippen molar-refractivity contribution in [1.82, 2.24) is 0 Å². The Morgan fingerprint density at radius 1 is 0.340 bits per heavy atom. The van der Waals surface area contributed by atoms with Gasteiger partial charge in [0.1, 0.15) is 0 Å². The molecule has 0 aliphatic carbocycles. The molecule has 2 aromatic heterocycles. The van der Waals surface area contributed by atoms with Crippen LogP contribution in [-0.2, 0) is 0 Å². The zero-order valence-corrected chi connectivity index (χ0v) is 30.3. The minimum Gasteiger partial charge on any atom is -0.308 e. The lowest BCUT2D eigenvalue weighted by atomic mass is 9.96. The van der Waals surface area contributed by atoms with E-state index in [1.54, 1.807) is 0 Å². The van der Waals surface area contributed by atoms with Crippen LogP contribution in [0.3, 0.4) is 0 Å². The topological polar surface area (TPSA) is 3.24 Å². The molecule has 0 bridgehead atoms. The minimum atomic E-state index is 1.13. The fraction of sp³-hybridized carbons (Fsp3) is 0. The van der Waals surface area contributed by atoms with E-state index >= 15 is 0 Å². The molecule has 11 aromatic rings. The van der Waals surface area contributed by atoms with Crippen molar-refractivity contribution in [3.8, 4) is 22.3 Å². The van der Waals surface area contributed by atoms with Crippen molar-refractivity contribution in [2.24, 2.45) is 0 Å². The highest BCUT2D eigenvalue weighted by atomic mass is 32.1. The average Bonchev–Trinajstić information content (AvgIpc) is 3.81. The van der Waals surface area contributed by atoms with E-state index in [9.17, 15) is 0 Å². The Bertz CT molecular complexity index is 3170. The molecule has 0 aliphatic rings. The zero-order valence-electron chi connectivity index (χ0n) is 28.7. The standard InChI is InChI=1S/C50H31NS2/c1-2-13-32(14-3-1)38-29-30-43(50-49(38)42-20-9-11-23-46(42)53-50)51(44-31-34-15-4-5-16-36(34)39-17-6-7-18-40(39)44)35-27-25-33(26-28-35)37-21-12-24-47-48(37)41-19-8-10-22-45(41)52-47/h1-31H. The second kappa shape index (κ2) is 12.2. The molecular formula is C50H31NS2. The summed E-state index contributed by atoms with van der Waals surface area (Å²) < 4.78 is 5.22. The third kappa shape index (κ3) is 4.82.